The molecular formula is C8H14ClNO2. The van der Waals surface area contributed by atoms with E-state index in [1.165, 1.54) is 0 Å². The highest BCUT2D eigenvalue weighted by Crippen LogP contribution is 2.56. The van der Waals surface area contributed by atoms with E-state index >= 15 is 0 Å². The van der Waals surface area contributed by atoms with Gasteiger partial charge in [-0.05, 0) is 31.6 Å². The maximum atomic E-state index is 10.9. The van der Waals surface area contributed by atoms with Gasteiger partial charge in [0.1, 0.15) is 0 Å². The molecule has 4 heteroatoms. The summed E-state index contributed by atoms with van der Waals surface area (Å²) in [5.41, 5.74) is 5.38. The normalized spacial score (nSPS) is 44.1. The summed E-state index contributed by atoms with van der Waals surface area (Å²) in [6, 6.07) is 0.153. The summed E-state index contributed by atoms with van der Waals surface area (Å²) >= 11 is 0. The van der Waals surface area contributed by atoms with Gasteiger partial charge in [0.05, 0.1) is 5.41 Å². The summed E-state index contributed by atoms with van der Waals surface area (Å²) in [5, 5.41) is 8.96. The van der Waals surface area contributed by atoms with Gasteiger partial charge >= 0.3 is 5.97 Å². The van der Waals surface area contributed by atoms with E-state index in [2.05, 4.69) is 0 Å². The number of fused-ring (bicyclic) bond motifs is 1. The zero-order valence-electron chi connectivity index (χ0n) is 6.82. The lowest BCUT2D eigenvalue weighted by Crippen LogP contribution is -2.48. The van der Waals surface area contributed by atoms with Crippen LogP contribution in [0.15, 0.2) is 0 Å². The molecule has 2 saturated carbocycles. The second-order valence-electron chi connectivity index (χ2n) is 3.81. The van der Waals surface area contributed by atoms with Gasteiger partial charge in [-0.25, -0.2) is 0 Å². The molecule has 3 atom stereocenters. The summed E-state index contributed by atoms with van der Waals surface area (Å²) in [6.45, 7) is 0. The lowest BCUT2D eigenvalue weighted by atomic mass is 9.61. The van der Waals surface area contributed by atoms with Crippen LogP contribution in [0.25, 0.3) is 0 Å². The number of carbonyl (C=O) groups is 1. The average Bonchev–Trinajstić information content (AvgIpc) is 2.04. The Bertz CT molecular complexity index is 209. The third-order valence-electron chi connectivity index (χ3n) is 3.48. The van der Waals surface area contributed by atoms with Gasteiger partial charge in [0, 0.05) is 6.04 Å². The van der Waals surface area contributed by atoms with Crippen LogP contribution in [0.1, 0.15) is 25.7 Å². The molecule has 2 aliphatic rings. The first-order valence-electron chi connectivity index (χ1n) is 4.16. The van der Waals surface area contributed by atoms with Crippen molar-refractivity contribution in [3.63, 3.8) is 0 Å². The van der Waals surface area contributed by atoms with E-state index in [1.807, 2.05) is 0 Å². The smallest absolute Gasteiger partial charge is 0.309 e. The number of rotatable bonds is 1. The Labute approximate surface area is 77.7 Å². The Morgan fingerprint density at radius 2 is 2.00 bits per heavy atom. The van der Waals surface area contributed by atoms with Crippen LogP contribution in [0.3, 0.4) is 0 Å². The first-order valence-corrected chi connectivity index (χ1v) is 4.16. The molecule has 0 radical (unpaired) electrons. The maximum Gasteiger partial charge on any atom is 0.309 e. The van der Waals surface area contributed by atoms with E-state index in [0.717, 1.165) is 25.7 Å². The summed E-state index contributed by atoms with van der Waals surface area (Å²) in [6.07, 6.45) is 3.57. The Hall–Kier alpha value is -0.280. The molecule has 0 unspecified atom stereocenters. The van der Waals surface area contributed by atoms with Gasteiger partial charge in [-0.3, -0.25) is 4.79 Å². The Morgan fingerprint density at radius 1 is 1.42 bits per heavy atom. The first-order chi connectivity index (χ1) is 5.17. The number of hydrogen-bond acceptors (Lipinski definition) is 2. The van der Waals surface area contributed by atoms with Crippen molar-refractivity contribution >= 4 is 18.4 Å². The summed E-state index contributed by atoms with van der Waals surface area (Å²) in [7, 11) is 0. The molecule has 0 spiro atoms. The first kappa shape index (κ1) is 9.81. The lowest BCUT2D eigenvalue weighted by molar-refractivity contribution is -0.158. The van der Waals surface area contributed by atoms with Crippen molar-refractivity contribution < 1.29 is 9.90 Å². The number of aliphatic carboxylic acids is 1. The van der Waals surface area contributed by atoms with E-state index < -0.39 is 11.4 Å². The van der Waals surface area contributed by atoms with E-state index in [9.17, 15) is 4.79 Å². The van der Waals surface area contributed by atoms with Crippen LogP contribution in [0, 0.1) is 11.3 Å². The van der Waals surface area contributed by atoms with E-state index in [4.69, 9.17) is 10.8 Å². The minimum atomic E-state index is -0.623. The number of nitrogens with two attached hydrogens (primary N) is 1. The van der Waals surface area contributed by atoms with Crippen LogP contribution >= 0.6 is 12.4 Å². The van der Waals surface area contributed by atoms with E-state index in [1.54, 1.807) is 0 Å². The fourth-order valence-corrected chi connectivity index (χ4v) is 2.59. The molecule has 0 aliphatic heterocycles. The average molecular weight is 192 g/mol. The molecule has 0 amide bonds. The Balaban J connectivity index is 0.000000720. The van der Waals surface area contributed by atoms with Gasteiger partial charge in [-0.2, -0.15) is 0 Å². The fourth-order valence-electron chi connectivity index (χ4n) is 2.59. The van der Waals surface area contributed by atoms with Gasteiger partial charge in [-0.1, -0.05) is 0 Å². The zero-order chi connectivity index (χ0) is 8.06. The van der Waals surface area contributed by atoms with Crippen LogP contribution in [0.5, 0.6) is 0 Å². The molecule has 0 aromatic heterocycles. The Morgan fingerprint density at radius 3 is 2.25 bits per heavy atom. The van der Waals surface area contributed by atoms with Crippen molar-refractivity contribution in [2.45, 2.75) is 31.7 Å². The van der Waals surface area contributed by atoms with Crippen molar-refractivity contribution in [1.29, 1.82) is 0 Å². The largest absolute Gasteiger partial charge is 0.481 e. The highest BCUT2D eigenvalue weighted by atomic mass is 35.5. The van der Waals surface area contributed by atoms with Gasteiger partial charge in [0.25, 0.3) is 0 Å². The SMILES string of the molecule is Cl.N[C@@H]1CC[C@@]2(C(=O)O)CC[C@@H]12. The Kier molecular flexibility index (Phi) is 2.36. The highest BCUT2D eigenvalue weighted by Gasteiger charge is 2.58. The van der Waals surface area contributed by atoms with Crippen LogP contribution in [-0.4, -0.2) is 17.1 Å². The van der Waals surface area contributed by atoms with Crippen molar-refractivity contribution in [3.05, 3.63) is 0 Å². The summed E-state index contributed by atoms with van der Waals surface area (Å²) in [4.78, 5) is 10.9. The lowest BCUT2D eigenvalue weighted by Gasteiger charge is -2.42. The number of carboxylic acids is 1. The quantitative estimate of drug-likeness (QED) is 0.650. The van der Waals surface area contributed by atoms with Crippen molar-refractivity contribution in [2.24, 2.45) is 17.1 Å². The van der Waals surface area contributed by atoms with Gasteiger partial charge in [0.2, 0.25) is 0 Å². The molecule has 0 saturated heterocycles. The maximum absolute atomic E-state index is 10.9. The van der Waals surface area contributed by atoms with E-state index in [-0.39, 0.29) is 24.4 Å². The van der Waals surface area contributed by atoms with Gasteiger partial charge < -0.3 is 10.8 Å². The highest BCUT2D eigenvalue weighted by molar-refractivity contribution is 5.85. The van der Waals surface area contributed by atoms with Crippen LogP contribution in [-0.2, 0) is 4.79 Å². The fraction of sp³-hybridized carbons (Fsp3) is 0.875. The monoisotopic (exact) mass is 191 g/mol. The molecule has 0 bridgehead atoms. The molecule has 0 aromatic carbocycles. The molecule has 3 N–H and O–H groups in total. The third-order valence-corrected chi connectivity index (χ3v) is 3.48. The predicted molar refractivity (Wildman–Crippen MR) is 47.3 cm³/mol. The van der Waals surface area contributed by atoms with Crippen molar-refractivity contribution in [3.8, 4) is 0 Å². The van der Waals surface area contributed by atoms with Gasteiger partial charge in [-0.15, -0.1) is 12.4 Å². The predicted octanol–water partition coefficient (Wildman–Crippen LogP) is 1.01. The molecule has 70 valence electrons. The molecule has 0 aromatic rings. The topological polar surface area (TPSA) is 63.3 Å². The number of carboxylic acid groups (broad SMARTS) is 1. The molecule has 0 heterocycles. The third kappa shape index (κ3) is 0.962. The molecule has 12 heavy (non-hydrogen) atoms. The summed E-state index contributed by atoms with van der Waals surface area (Å²) in [5.74, 6) is -0.346. The molecule has 2 rings (SSSR count). The second-order valence-corrected chi connectivity index (χ2v) is 3.81. The zero-order valence-corrected chi connectivity index (χ0v) is 7.64. The van der Waals surface area contributed by atoms with Gasteiger partial charge in [0.15, 0.2) is 0 Å². The molecule has 2 aliphatic carbocycles. The summed E-state index contributed by atoms with van der Waals surface area (Å²) < 4.78 is 0. The van der Waals surface area contributed by atoms with E-state index in [0.29, 0.717) is 0 Å². The minimum Gasteiger partial charge on any atom is -0.481 e. The minimum absolute atomic E-state index is 0. The standard InChI is InChI=1S/C8H13NO2.ClH/c9-6-2-4-8(7(10)11)3-1-5(6)8;/h5-6H,1-4,9H2,(H,10,11);1H/t5-,6+,8-;/m0./s1. The molecular weight excluding hydrogens is 178 g/mol. The number of hydrogen-bond donors (Lipinski definition) is 2. The van der Waals surface area contributed by atoms with Crippen LogP contribution in [0.2, 0.25) is 0 Å². The van der Waals surface area contributed by atoms with Crippen LogP contribution < -0.4 is 5.73 Å². The van der Waals surface area contributed by atoms with Crippen molar-refractivity contribution in [1.82, 2.24) is 0 Å². The van der Waals surface area contributed by atoms with Crippen LogP contribution in [0.4, 0.5) is 0 Å². The second kappa shape index (κ2) is 2.89. The molecule has 3 nitrogen and oxygen atoms in total. The molecule has 2 fully saturated rings. The van der Waals surface area contributed by atoms with Crippen molar-refractivity contribution in [2.75, 3.05) is 0 Å². The number of halogens is 1.